The first-order chi connectivity index (χ1) is 16.5. The zero-order valence-corrected chi connectivity index (χ0v) is 20.5. The second-order valence-electron chi connectivity index (χ2n) is 9.26. The molecule has 0 radical (unpaired) electrons. The van der Waals surface area contributed by atoms with E-state index in [0.29, 0.717) is 24.5 Å². The minimum absolute atomic E-state index is 0.0271. The quantitative estimate of drug-likeness (QED) is 0.616. The first-order valence-corrected chi connectivity index (χ1v) is 12.1. The van der Waals surface area contributed by atoms with Crippen LogP contribution < -0.4 is 20.1 Å². The molecular weight excluding hydrogens is 430 g/mol. The predicted molar refractivity (Wildman–Crippen MR) is 131 cm³/mol. The van der Waals surface area contributed by atoms with Crippen molar-refractivity contribution in [2.45, 2.75) is 57.7 Å². The summed E-state index contributed by atoms with van der Waals surface area (Å²) in [4.78, 5) is 28.5. The number of fused-ring (bicyclic) bond motifs is 1. The Bertz CT molecular complexity index is 1020. The molecule has 2 aromatic carbocycles. The fourth-order valence-electron chi connectivity index (χ4n) is 4.60. The molecule has 2 aromatic rings. The third-order valence-electron chi connectivity index (χ3n) is 6.95. The number of methoxy groups -OCH3 is 2. The highest BCUT2D eigenvalue weighted by molar-refractivity contribution is 5.88. The number of nitrogens with one attached hydrogen (secondary N) is 2. The van der Waals surface area contributed by atoms with Crippen LogP contribution in [0.2, 0.25) is 0 Å². The van der Waals surface area contributed by atoms with Crippen LogP contribution in [0.15, 0.2) is 42.5 Å². The van der Waals surface area contributed by atoms with E-state index in [9.17, 15) is 9.59 Å². The molecule has 0 unspecified atom stereocenters. The van der Waals surface area contributed by atoms with Gasteiger partial charge in [0, 0.05) is 12.6 Å². The standard InChI is InChI=1S/C27H35N3O4/c1-5-17(2)24(26(31)28-20-11-12-20)29-27(32)30-14-13-19-15-22(33-3)23(34-4)16-21(19)25(30)18-9-7-6-8-10-18/h6-10,15-17,20,24-25H,5,11-14H2,1-4H3,(H,28,31)(H,29,32)/t17-,24+,25-/m1/s1. The Balaban J connectivity index is 1.67. The van der Waals surface area contributed by atoms with E-state index in [1.807, 2.05) is 61.2 Å². The highest BCUT2D eigenvalue weighted by Gasteiger charge is 2.37. The summed E-state index contributed by atoms with van der Waals surface area (Å²) in [5, 5.41) is 6.13. The average molecular weight is 466 g/mol. The highest BCUT2D eigenvalue weighted by Crippen LogP contribution is 2.41. The number of urea groups is 1. The Morgan fingerprint density at radius 1 is 1.09 bits per heavy atom. The summed E-state index contributed by atoms with van der Waals surface area (Å²) in [5.74, 6) is 1.25. The van der Waals surface area contributed by atoms with Crippen LogP contribution in [0.25, 0.3) is 0 Å². The van der Waals surface area contributed by atoms with Gasteiger partial charge >= 0.3 is 6.03 Å². The lowest BCUT2D eigenvalue weighted by atomic mass is 9.87. The van der Waals surface area contributed by atoms with Crippen LogP contribution >= 0.6 is 0 Å². The molecule has 0 spiro atoms. The number of carbonyl (C=O) groups is 2. The topological polar surface area (TPSA) is 79.9 Å². The van der Waals surface area contributed by atoms with Gasteiger partial charge in [-0.25, -0.2) is 4.79 Å². The smallest absolute Gasteiger partial charge is 0.318 e. The van der Waals surface area contributed by atoms with Crippen molar-refractivity contribution in [3.05, 3.63) is 59.2 Å². The van der Waals surface area contributed by atoms with Crippen molar-refractivity contribution in [3.8, 4) is 11.5 Å². The third kappa shape index (κ3) is 4.98. The minimum atomic E-state index is -0.568. The molecule has 3 amide bonds. The van der Waals surface area contributed by atoms with Crippen LogP contribution in [-0.2, 0) is 11.2 Å². The first kappa shape index (κ1) is 23.9. The van der Waals surface area contributed by atoms with Crippen LogP contribution in [0.5, 0.6) is 11.5 Å². The Kier molecular flexibility index (Phi) is 7.29. The van der Waals surface area contributed by atoms with Crippen molar-refractivity contribution >= 4 is 11.9 Å². The number of ether oxygens (including phenoxy) is 2. The van der Waals surface area contributed by atoms with E-state index < -0.39 is 6.04 Å². The summed E-state index contributed by atoms with van der Waals surface area (Å²) in [6.07, 6.45) is 3.51. The molecule has 1 fully saturated rings. The van der Waals surface area contributed by atoms with Gasteiger partial charge in [0.2, 0.25) is 5.91 Å². The monoisotopic (exact) mass is 465 g/mol. The molecule has 182 valence electrons. The molecule has 3 atom stereocenters. The van der Waals surface area contributed by atoms with Crippen LogP contribution in [0.4, 0.5) is 4.79 Å². The number of nitrogens with zero attached hydrogens (tertiary/aromatic N) is 1. The van der Waals surface area contributed by atoms with Crippen molar-refractivity contribution in [1.29, 1.82) is 0 Å². The Hall–Kier alpha value is -3.22. The summed E-state index contributed by atoms with van der Waals surface area (Å²) in [7, 11) is 3.24. The minimum Gasteiger partial charge on any atom is -0.493 e. The van der Waals surface area contributed by atoms with E-state index in [-0.39, 0.29) is 29.9 Å². The molecule has 1 aliphatic carbocycles. The molecule has 1 saturated carbocycles. The number of hydrogen-bond donors (Lipinski definition) is 2. The van der Waals surface area contributed by atoms with Gasteiger partial charge in [-0.05, 0) is 54.0 Å². The second kappa shape index (κ2) is 10.4. The van der Waals surface area contributed by atoms with Gasteiger partial charge in [0.1, 0.15) is 6.04 Å². The van der Waals surface area contributed by atoms with Gasteiger partial charge in [-0.2, -0.15) is 0 Å². The fraction of sp³-hybridized carbons (Fsp3) is 0.481. The summed E-state index contributed by atoms with van der Waals surface area (Å²) < 4.78 is 11.1. The van der Waals surface area contributed by atoms with Crippen LogP contribution in [0.1, 0.15) is 55.8 Å². The summed E-state index contributed by atoms with van der Waals surface area (Å²) >= 11 is 0. The Morgan fingerprint density at radius 3 is 2.38 bits per heavy atom. The summed E-state index contributed by atoms with van der Waals surface area (Å²) in [6, 6.07) is 13.1. The molecule has 0 aromatic heterocycles. The van der Waals surface area contributed by atoms with Gasteiger partial charge in [0.25, 0.3) is 0 Å². The maximum absolute atomic E-state index is 13.7. The van der Waals surface area contributed by atoms with Gasteiger partial charge in [0.05, 0.1) is 20.3 Å². The van der Waals surface area contributed by atoms with Gasteiger partial charge in [-0.15, -0.1) is 0 Å². The molecular formula is C27H35N3O4. The van der Waals surface area contributed by atoms with Crippen molar-refractivity contribution in [3.63, 3.8) is 0 Å². The lowest BCUT2D eigenvalue weighted by Gasteiger charge is -2.39. The van der Waals surface area contributed by atoms with Gasteiger partial charge in [-0.1, -0.05) is 50.6 Å². The number of rotatable bonds is 8. The van der Waals surface area contributed by atoms with Crippen molar-refractivity contribution in [2.24, 2.45) is 5.92 Å². The molecule has 34 heavy (non-hydrogen) atoms. The molecule has 4 rings (SSSR count). The normalized spacial score (nSPS) is 18.9. The van der Waals surface area contributed by atoms with Crippen molar-refractivity contribution in [2.75, 3.05) is 20.8 Å². The second-order valence-corrected chi connectivity index (χ2v) is 9.26. The van der Waals surface area contributed by atoms with Crippen LogP contribution in [0.3, 0.4) is 0 Å². The third-order valence-corrected chi connectivity index (χ3v) is 6.95. The lowest BCUT2D eigenvalue weighted by Crippen LogP contribution is -2.55. The zero-order chi connectivity index (χ0) is 24.2. The highest BCUT2D eigenvalue weighted by atomic mass is 16.5. The first-order valence-electron chi connectivity index (χ1n) is 12.1. The average Bonchev–Trinajstić information content (AvgIpc) is 3.69. The molecule has 1 aliphatic heterocycles. The summed E-state index contributed by atoms with van der Waals surface area (Å²) in [5.41, 5.74) is 3.14. The van der Waals surface area contributed by atoms with E-state index in [0.717, 1.165) is 36.0 Å². The van der Waals surface area contributed by atoms with Crippen molar-refractivity contribution < 1.29 is 19.1 Å². The van der Waals surface area contributed by atoms with E-state index in [1.54, 1.807) is 14.2 Å². The molecule has 2 aliphatic rings. The molecule has 0 saturated heterocycles. The van der Waals surface area contributed by atoms with E-state index in [1.165, 1.54) is 0 Å². The van der Waals surface area contributed by atoms with Gasteiger partial charge in [-0.3, -0.25) is 4.79 Å². The Labute approximate surface area is 201 Å². The van der Waals surface area contributed by atoms with Gasteiger partial charge < -0.3 is 25.0 Å². The van der Waals surface area contributed by atoms with Crippen LogP contribution in [0, 0.1) is 5.92 Å². The number of carbonyl (C=O) groups excluding carboxylic acids is 2. The maximum atomic E-state index is 13.7. The number of benzene rings is 2. The fourth-order valence-corrected chi connectivity index (χ4v) is 4.60. The molecule has 7 heteroatoms. The number of amides is 3. The van der Waals surface area contributed by atoms with E-state index in [2.05, 4.69) is 10.6 Å². The largest absolute Gasteiger partial charge is 0.493 e. The molecule has 2 N–H and O–H groups in total. The van der Waals surface area contributed by atoms with Gasteiger partial charge in [0.15, 0.2) is 11.5 Å². The molecule has 1 heterocycles. The predicted octanol–water partition coefficient (Wildman–Crippen LogP) is 4.05. The Morgan fingerprint density at radius 2 is 1.76 bits per heavy atom. The SMILES string of the molecule is CC[C@@H](C)[C@H](NC(=O)N1CCc2cc(OC)c(OC)cc2[C@H]1c1ccccc1)C(=O)NC1CC1. The molecule has 7 nitrogen and oxygen atoms in total. The lowest BCUT2D eigenvalue weighted by molar-refractivity contribution is -0.124. The molecule has 0 bridgehead atoms. The van der Waals surface area contributed by atoms with E-state index >= 15 is 0 Å². The number of hydrogen-bond acceptors (Lipinski definition) is 4. The zero-order valence-electron chi connectivity index (χ0n) is 20.5. The maximum Gasteiger partial charge on any atom is 0.318 e. The van der Waals surface area contributed by atoms with Crippen LogP contribution in [-0.4, -0.2) is 49.7 Å². The van der Waals surface area contributed by atoms with Crippen molar-refractivity contribution in [1.82, 2.24) is 15.5 Å². The summed E-state index contributed by atoms with van der Waals surface area (Å²) in [6.45, 7) is 4.58. The van der Waals surface area contributed by atoms with E-state index in [4.69, 9.17) is 9.47 Å².